The summed E-state index contributed by atoms with van der Waals surface area (Å²) in [5, 5.41) is 16.8. The highest BCUT2D eigenvalue weighted by atomic mass is 19.1. The van der Waals surface area contributed by atoms with Gasteiger partial charge in [0.05, 0.1) is 11.1 Å². The lowest BCUT2D eigenvalue weighted by Gasteiger charge is -1.98. The molecule has 4 heteroatoms. The van der Waals surface area contributed by atoms with E-state index in [1.807, 2.05) is 5.92 Å². The van der Waals surface area contributed by atoms with Crippen LogP contribution in [0.4, 0.5) is 4.39 Å². The predicted molar refractivity (Wildman–Crippen MR) is 45.9 cm³/mol. The summed E-state index contributed by atoms with van der Waals surface area (Å²) in [7, 11) is 0. The number of aromatic carboxylic acids is 1. The third kappa shape index (κ3) is 1.88. The van der Waals surface area contributed by atoms with Crippen molar-refractivity contribution < 1.29 is 14.3 Å². The molecule has 68 valence electrons. The largest absolute Gasteiger partial charge is 0.478 e. The molecule has 1 aromatic rings. The summed E-state index contributed by atoms with van der Waals surface area (Å²) >= 11 is 0. The number of carbonyl (C=O) groups is 1. The van der Waals surface area contributed by atoms with E-state index in [-0.39, 0.29) is 11.1 Å². The Morgan fingerprint density at radius 3 is 2.79 bits per heavy atom. The molecule has 0 atom stereocenters. The zero-order valence-electron chi connectivity index (χ0n) is 6.91. The van der Waals surface area contributed by atoms with E-state index in [4.69, 9.17) is 10.4 Å². The Balaban J connectivity index is 3.38. The average molecular weight is 189 g/mol. The molecule has 0 radical (unpaired) electrons. The lowest BCUT2D eigenvalue weighted by molar-refractivity contribution is 0.0696. The van der Waals surface area contributed by atoms with Crippen molar-refractivity contribution in [3.05, 3.63) is 35.1 Å². The maximum atomic E-state index is 13.1. The minimum atomic E-state index is -1.27. The second-order valence-corrected chi connectivity index (χ2v) is 2.33. The van der Waals surface area contributed by atoms with E-state index in [1.54, 1.807) is 0 Å². The Bertz CT molecular complexity index is 477. The fourth-order valence-corrected chi connectivity index (χ4v) is 0.920. The van der Waals surface area contributed by atoms with Crippen molar-refractivity contribution in [2.24, 2.45) is 0 Å². The lowest BCUT2D eigenvalue weighted by Crippen LogP contribution is -2.01. The first-order valence-corrected chi connectivity index (χ1v) is 3.58. The fraction of sp³-hybridized carbons (Fsp3) is 0. The number of nitriles is 1. The SMILES string of the molecule is N#CC#Cc1c(F)cccc1C(=O)O. The summed E-state index contributed by atoms with van der Waals surface area (Å²) in [6, 6.07) is 5.08. The monoisotopic (exact) mass is 189 g/mol. The Morgan fingerprint density at radius 1 is 1.50 bits per heavy atom. The van der Waals surface area contributed by atoms with Crippen molar-refractivity contribution in [3.63, 3.8) is 0 Å². The molecular weight excluding hydrogens is 185 g/mol. The van der Waals surface area contributed by atoms with Crippen LogP contribution in [0, 0.1) is 29.0 Å². The van der Waals surface area contributed by atoms with E-state index in [9.17, 15) is 9.18 Å². The van der Waals surface area contributed by atoms with Crippen molar-refractivity contribution >= 4 is 5.97 Å². The number of hydrogen-bond acceptors (Lipinski definition) is 2. The Hall–Kier alpha value is -2.33. The highest BCUT2D eigenvalue weighted by Crippen LogP contribution is 2.11. The molecule has 0 amide bonds. The topological polar surface area (TPSA) is 61.1 Å². The molecule has 0 aliphatic heterocycles. The van der Waals surface area contributed by atoms with Crippen LogP contribution in [0.25, 0.3) is 0 Å². The molecule has 0 aromatic heterocycles. The van der Waals surface area contributed by atoms with Gasteiger partial charge in [0, 0.05) is 5.92 Å². The first-order chi connectivity index (χ1) is 6.66. The summed E-state index contributed by atoms with van der Waals surface area (Å²) in [6.07, 6.45) is 0. The molecule has 0 unspecified atom stereocenters. The van der Waals surface area contributed by atoms with Crippen molar-refractivity contribution in [3.8, 4) is 17.9 Å². The van der Waals surface area contributed by atoms with Crippen LogP contribution in [-0.4, -0.2) is 11.1 Å². The second-order valence-electron chi connectivity index (χ2n) is 2.33. The van der Waals surface area contributed by atoms with Crippen molar-refractivity contribution in [1.82, 2.24) is 0 Å². The number of carboxylic acid groups (broad SMARTS) is 1. The summed E-state index contributed by atoms with van der Waals surface area (Å²) < 4.78 is 13.1. The van der Waals surface area contributed by atoms with Gasteiger partial charge in [0.15, 0.2) is 6.07 Å². The maximum Gasteiger partial charge on any atom is 0.337 e. The van der Waals surface area contributed by atoms with Gasteiger partial charge in [-0.1, -0.05) is 6.07 Å². The second kappa shape index (κ2) is 4.06. The van der Waals surface area contributed by atoms with Gasteiger partial charge in [-0.25, -0.2) is 9.18 Å². The lowest BCUT2D eigenvalue weighted by atomic mass is 10.1. The van der Waals surface area contributed by atoms with E-state index in [0.717, 1.165) is 6.07 Å². The number of hydrogen-bond donors (Lipinski definition) is 1. The number of carboxylic acids is 1. The number of rotatable bonds is 1. The Morgan fingerprint density at radius 2 is 2.21 bits per heavy atom. The van der Waals surface area contributed by atoms with Gasteiger partial charge in [0.2, 0.25) is 0 Å². The van der Waals surface area contributed by atoms with Gasteiger partial charge in [-0.05, 0) is 18.1 Å². The first-order valence-electron chi connectivity index (χ1n) is 3.58. The molecule has 0 bridgehead atoms. The molecule has 1 rings (SSSR count). The van der Waals surface area contributed by atoms with Crippen molar-refractivity contribution in [2.75, 3.05) is 0 Å². The third-order valence-corrected chi connectivity index (χ3v) is 1.49. The molecule has 1 aromatic carbocycles. The molecule has 0 fully saturated rings. The molecule has 0 saturated carbocycles. The van der Waals surface area contributed by atoms with Crippen molar-refractivity contribution in [2.45, 2.75) is 0 Å². The van der Waals surface area contributed by atoms with Crippen LogP contribution >= 0.6 is 0 Å². The number of nitrogens with zero attached hydrogens (tertiary/aromatic N) is 1. The predicted octanol–water partition coefficient (Wildman–Crippen LogP) is 1.40. The van der Waals surface area contributed by atoms with Crippen LogP contribution in [0.5, 0.6) is 0 Å². The standard InChI is InChI=1S/C10H4FNO2/c11-9-5-1-3-8(10(13)14)7(9)4-2-6-12/h1,3,5H,(H,13,14). The highest BCUT2D eigenvalue weighted by molar-refractivity contribution is 5.90. The molecule has 1 N–H and O–H groups in total. The normalized spacial score (nSPS) is 8.29. The van der Waals surface area contributed by atoms with E-state index in [0.29, 0.717) is 0 Å². The number of benzene rings is 1. The van der Waals surface area contributed by atoms with Crippen LogP contribution in [0.3, 0.4) is 0 Å². The minimum absolute atomic E-state index is 0.243. The summed E-state index contributed by atoms with van der Waals surface area (Å²) in [5.74, 6) is 2.08. The van der Waals surface area contributed by atoms with E-state index >= 15 is 0 Å². The molecule has 0 spiro atoms. The van der Waals surface area contributed by atoms with Gasteiger partial charge in [-0.15, -0.1) is 0 Å². The van der Waals surface area contributed by atoms with Crippen LogP contribution in [0.15, 0.2) is 18.2 Å². The zero-order chi connectivity index (χ0) is 10.6. The molecule has 3 nitrogen and oxygen atoms in total. The van der Waals surface area contributed by atoms with E-state index < -0.39 is 11.8 Å². The van der Waals surface area contributed by atoms with Gasteiger partial charge in [-0.2, -0.15) is 5.26 Å². The minimum Gasteiger partial charge on any atom is -0.478 e. The van der Waals surface area contributed by atoms with Crippen LogP contribution in [-0.2, 0) is 0 Å². The number of halogens is 1. The van der Waals surface area contributed by atoms with E-state index in [2.05, 4.69) is 5.92 Å². The molecule has 0 saturated heterocycles. The molecular formula is C10H4FNO2. The summed E-state index contributed by atoms with van der Waals surface area (Å²) in [5.41, 5.74) is -0.505. The van der Waals surface area contributed by atoms with Gasteiger partial charge in [0.1, 0.15) is 5.82 Å². The van der Waals surface area contributed by atoms with Crippen LogP contribution < -0.4 is 0 Å². The molecule has 0 aliphatic carbocycles. The van der Waals surface area contributed by atoms with Gasteiger partial charge in [-0.3, -0.25) is 0 Å². The smallest absolute Gasteiger partial charge is 0.337 e. The maximum absolute atomic E-state index is 13.1. The van der Waals surface area contributed by atoms with Crippen LogP contribution in [0.1, 0.15) is 15.9 Å². The molecule has 0 heterocycles. The van der Waals surface area contributed by atoms with Crippen molar-refractivity contribution in [1.29, 1.82) is 5.26 Å². The summed E-state index contributed by atoms with van der Waals surface area (Å²) in [6.45, 7) is 0. The van der Waals surface area contributed by atoms with Crippen LogP contribution in [0.2, 0.25) is 0 Å². The molecule has 0 aliphatic rings. The van der Waals surface area contributed by atoms with E-state index in [1.165, 1.54) is 18.2 Å². The highest BCUT2D eigenvalue weighted by Gasteiger charge is 2.11. The quantitative estimate of drug-likeness (QED) is 0.679. The third-order valence-electron chi connectivity index (χ3n) is 1.49. The first kappa shape index (κ1) is 9.76. The average Bonchev–Trinajstić information content (AvgIpc) is 2.15. The Labute approximate surface area is 79.4 Å². The fourth-order valence-electron chi connectivity index (χ4n) is 0.920. The van der Waals surface area contributed by atoms with Gasteiger partial charge < -0.3 is 5.11 Å². The summed E-state index contributed by atoms with van der Waals surface area (Å²) in [4.78, 5) is 10.6. The zero-order valence-corrected chi connectivity index (χ0v) is 6.91. The van der Waals surface area contributed by atoms with Gasteiger partial charge in [0.25, 0.3) is 0 Å². The Kier molecular flexibility index (Phi) is 2.83. The molecule has 14 heavy (non-hydrogen) atoms. The van der Waals surface area contributed by atoms with Gasteiger partial charge >= 0.3 is 5.97 Å².